The molecule has 0 radical (unpaired) electrons. The SMILES string of the molecule is Cc1cc(C)nc(N=NC(=NNc2ccccc2)c2cccnc2)c1. The maximum atomic E-state index is 4.37. The Morgan fingerprint density at radius 3 is 2.56 bits per heavy atom. The van der Waals surface area contributed by atoms with E-state index in [1.807, 2.05) is 68.4 Å². The van der Waals surface area contributed by atoms with Gasteiger partial charge in [-0.1, -0.05) is 18.2 Å². The Hall–Kier alpha value is -3.41. The number of nitrogens with zero attached hydrogens (tertiary/aromatic N) is 5. The molecule has 3 aromatic rings. The molecule has 0 aliphatic rings. The van der Waals surface area contributed by atoms with Gasteiger partial charge in [-0.05, 0) is 55.8 Å². The minimum atomic E-state index is 0.429. The van der Waals surface area contributed by atoms with E-state index in [0.29, 0.717) is 11.7 Å². The molecule has 6 nitrogen and oxygen atoms in total. The molecule has 1 aromatic carbocycles. The molecule has 2 aromatic heterocycles. The van der Waals surface area contributed by atoms with E-state index in [9.17, 15) is 0 Å². The molecule has 0 bridgehead atoms. The first-order valence-electron chi connectivity index (χ1n) is 7.87. The van der Waals surface area contributed by atoms with Crippen molar-refractivity contribution in [3.05, 3.63) is 83.8 Å². The van der Waals surface area contributed by atoms with Crippen LogP contribution in [0.1, 0.15) is 16.8 Å². The molecule has 0 amide bonds. The first kappa shape index (κ1) is 16.4. The van der Waals surface area contributed by atoms with Crippen LogP contribution in [0.3, 0.4) is 0 Å². The third-order valence-electron chi connectivity index (χ3n) is 3.32. The van der Waals surface area contributed by atoms with Crippen LogP contribution in [0.15, 0.2) is 82.3 Å². The summed E-state index contributed by atoms with van der Waals surface area (Å²) >= 11 is 0. The average Bonchev–Trinajstić information content (AvgIpc) is 2.62. The van der Waals surface area contributed by atoms with E-state index in [-0.39, 0.29) is 0 Å². The predicted octanol–water partition coefficient (Wildman–Crippen LogP) is 4.65. The van der Waals surface area contributed by atoms with Gasteiger partial charge >= 0.3 is 0 Å². The summed E-state index contributed by atoms with van der Waals surface area (Å²) in [5, 5.41) is 12.9. The van der Waals surface area contributed by atoms with Gasteiger partial charge < -0.3 is 0 Å². The van der Waals surface area contributed by atoms with Crippen molar-refractivity contribution in [3.8, 4) is 0 Å². The lowest BCUT2D eigenvalue weighted by atomic mass is 10.2. The number of pyridine rings is 2. The Morgan fingerprint density at radius 1 is 1.00 bits per heavy atom. The van der Waals surface area contributed by atoms with Crippen LogP contribution in [-0.2, 0) is 0 Å². The zero-order chi connectivity index (χ0) is 17.5. The number of azo groups is 1. The minimum absolute atomic E-state index is 0.429. The highest BCUT2D eigenvalue weighted by molar-refractivity contribution is 5.99. The molecule has 0 atom stereocenters. The third-order valence-corrected chi connectivity index (χ3v) is 3.32. The number of rotatable bonds is 4. The lowest BCUT2D eigenvalue weighted by molar-refractivity contribution is 1.10. The molecule has 0 saturated heterocycles. The highest BCUT2D eigenvalue weighted by Gasteiger charge is 2.04. The standard InChI is InChI=1S/C19H18N6/c1-14-11-15(2)21-18(12-14)23-25-19(16-7-6-10-20-13-16)24-22-17-8-4-3-5-9-17/h3-13,22H,1-2H3. The van der Waals surface area contributed by atoms with Crippen molar-refractivity contribution in [3.63, 3.8) is 0 Å². The van der Waals surface area contributed by atoms with E-state index in [1.165, 1.54) is 0 Å². The van der Waals surface area contributed by atoms with Gasteiger partial charge in [-0.3, -0.25) is 10.4 Å². The Bertz CT molecular complexity index is 868. The molecule has 2 heterocycles. The van der Waals surface area contributed by atoms with E-state index in [2.05, 4.69) is 30.7 Å². The van der Waals surface area contributed by atoms with Gasteiger partial charge in [-0.2, -0.15) is 5.10 Å². The Balaban J connectivity index is 1.90. The lowest BCUT2D eigenvalue weighted by Crippen LogP contribution is -2.01. The largest absolute Gasteiger partial charge is 0.276 e. The van der Waals surface area contributed by atoms with Gasteiger partial charge in [0.2, 0.25) is 5.84 Å². The van der Waals surface area contributed by atoms with Crippen LogP contribution in [-0.4, -0.2) is 15.8 Å². The zero-order valence-corrected chi connectivity index (χ0v) is 14.1. The van der Waals surface area contributed by atoms with Crippen molar-refractivity contribution in [2.75, 3.05) is 5.43 Å². The third kappa shape index (κ3) is 4.78. The number of anilines is 1. The van der Waals surface area contributed by atoms with Crippen LogP contribution in [0, 0.1) is 13.8 Å². The van der Waals surface area contributed by atoms with Crippen LogP contribution >= 0.6 is 0 Å². The summed E-state index contributed by atoms with van der Waals surface area (Å²) in [6.45, 7) is 3.93. The highest BCUT2D eigenvalue weighted by Crippen LogP contribution is 2.14. The molecule has 0 fully saturated rings. The fourth-order valence-corrected chi connectivity index (χ4v) is 2.24. The van der Waals surface area contributed by atoms with E-state index in [0.717, 1.165) is 22.5 Å². The second-order valence-electron chi connectivity index (χ2n) is 5.50. The van der Waals surface area contributed by atoms with E-state index < -0.39 is 0 Å². The summed E-state index contributed by atoms with van der Waals surface area (Å²) in [7, 11) is 0. The fraction of sp³-hybridized carbons (Fsp3) is 0.105. The van der Waals surface area contributed by atoms with E-state index >= 15 is 0 Å². The molecule has 25 heavy (non-hydrogen) atoms. The molecular weight excluding hydrogens is 312 g/mol. The Labute approximate surface area is 146 Å². The smallest absolute Gasteiger partial charge is 0.202 e. The van der Waals surface area contributed by atoms with Gasteiger partial charge in [0.05, 0.1) is 5.69 Å². The number of benzene rings is 1. The average molecular weight is 330 g/mol. The first-order valence-corrected chi connectivity index (χ1v) is 7.87. The quantitative estimate of drug-likeness (QED) is 0.327. The van der Waals surface area contributed by atoms with Gasteiger partial charge in [0.25, 0.3) is 0 Å². The Kier molecular flexibility index (Phi) is 5.21. The number of aromatic nitrogens is 2. The monoisotopic (exact) mass is 330 g/mol. The molecule has 1 N–H and O–H groups in total. The summed E-state index contributed by atoms with van der Waals surface area (Å²) in [5.41, 5.74) is 6.60. The summed E-state index contributed by atoms with van der Waals surface area (Å²) in [4.78, 5) is 8.48. The summed E-state index contributed by atoms with van der Waals surface area (Å²) in [6.07, 6.45) is 3.40. The molecular formula is C19H18N6. The number of hydrogen-bond donors (Lipinski definition) is 1. The van der Waals surface area contributed by atoms with Gasteiger partial charge in [0, 0.05) is 23.7 Å². The molecule has 124 valence electrons. The maximum Gasteiger partial charge on any atom is 0.202 e. The van der Waals surface area contributed by atoms with Crippen LogP contribution in [0.5, 0.6) is 0 Å². The number of nitrogens with one attached hydrogen (secondary N) is 1. The van der Waals surface area contributed by atoms with Crippen molar-refractivity contribution in [2.45, 2.75) is 13.8 Å². The second-order valence-corrected chi connectivity index (χ2v) is 5.50. The van der Waals surface area contributed by atoms with Gasteiger partial charge in [-0.15, -0.1) is 10.2 Å². The van der Waals surface area contributed by atoms with Crippen molar-refractivity contribution in [1.82, 2.24) is 9.97 Å². The number of hydrogen-bond acceptors (Lipinski definition) is 5. The van der Waals surface area contributed by atoms with Gasteiger partial charge in [0.1, 0.15) is 0 Å². The van der Waals surface area contributed by atoms with Gasteiger partial charge in [0.15, 0.2) is 5.82 Å². The number of hydrazone groups is 1. The van der Waals surface area contributed by atoms with E-state index in [4.69, 9.17) is 0 Å². The summed E-state index contributed by atoms with van der Waals surface area (Å²) in [6, 6.07) is 17.2. The maximum absolute atomic E-state index is 4.37. The van der Waals surface area contributed by atoms with Crippen LogP contribution in [0.2, 0.25) is 0 Å². The Morgan fingerprint density at radius 2 is 1.84 bits per heavy atom. The topological polar surface area (TPSA) is 74.9 Å². The molecule has 0 unspecified atom stereocenters. The normalized spacial score (nSPS) is 11.7. The number of amidine groups is 1. The summed E-state index contributed by atoms with van der Waals surface area (Å²) < 4.78 is 0. The van der Waals surface area contributed by atoms with Crippen LogP contribution < -0.4 is 5.43 Å². The van der Waals surface area contributed by atoms with Crippen LogP contribution in [0.25, 0.3) is 0 Å². The molecule has 3 rings (SSSR count). The predicted molar refractivity (Wildman–Crippen MR) is 99.1 cm³/mol. The zero-order valence-electron chi connectivity index (χ0n) is 14.1. The molecule has 0 aliphatic heterocycles. The molecule has 0 aliphatic carbocycles. The lowest BCUT2D eigenvalue weighted by Gasteiger charge is -2.03. The second kappa shape index (κ2) is 7.92. The molecule has 0 spiro atoms. The van der Waals surface area contributed by atoms with Crippen molar-refractivity contribution >= 4 is 17.3 Å². The van der Waals surface area contributed by atoms with Crippen molar-refractivity contribution in [1.29, 1.82) is 0 Å². The first-order chi connectivity index (χ1) is 12.2. The van der Waals surface area contributed by atoms with E-state index in [1.54, 1.807) is 12.4 Å². The number of para-hydroxylation sites is 1. The number of aryl methyl sites for hydroxylation is 2. The molecule has 6 heteroatoms. The minimum Gasteiger partial charge on any atom is -0.276 e. The van der Waals surface area contributed by atoms with Gasteiger partial charge in [-0.25, -0.2) is 4.98 Å². The van der Waals surface area contributed by atoms with Crippen LogP contribution in [0.4, 0.5) is 11.5 Å². The fourth-order valence-electron chi connectivity index (χ4n) is 2.24. The molecule has 0 saturated carbocycles. The van der Waals surface area contributed by atoms with Crippen molar-refractivity contribution in [2.24, 2.45) is 15.3 Å². The highest BCUT2D eigenvalue weighted by atomic mass is 15.3. The summed E-state index contributed by atoms with van der Waals surface area (Å²) in [5.74, 6) is 0.978. The van der Waals surface area contributed by atoms with Crippen molar-refractivity contribution < 1.29 is 0 Å².